The van der Waals surface area contributed by atoms with Gasteiger partial charge < -0.3 is 5.32 Å². The van der Waals surface area contributed by atoms with E-state index >= 15 is 0 Å². The molecule has 0 saturated carbocycles. The Hall–Kier alpha value is -3.28. The molecular formula is C27H32FN5O7S3. The van der Waals surface area contributed by atoms with Crippen molar-refractivity contribution in [3.63, 3.8) is 0 Å². The molecule has 0 aliphatic carbocycles. The lowest BCUT2D eigenvalue weighted by atomic mass is 10.2. The smallest absolute Gasteiger partial charge is 0.263 e. The number of nitrogens with one attached hydrogen (secondary N) is 2. The largest absolute Gasteiger partial charge is 0.351 e. The SMILES string of the molecule is CC(C)(C)ONC(=O)[C@H]1CN(S(=O)(=O)CCNC(=O)c2cccnc2)CCN1S(=O)(=O)c1ccc(-c2ccc(F)cc2)s1. The van der Waals surface area contributed by atoms with Crippen LogP contribution in [0.4, 0.5) is 4.39 Å². The number of nitrogens with zero attached hydrogens (tertiary/aromatic N) is 3. The molecule has 43 heavy (non-hydrogen) atoms. The Kier molecular flexibility index (Phi) is 9.98. The van der Waals surface area contributed by atoms with E-state index in [2.05, 4.69) is 15.8 Å². The number of hydrogen-bond donors (Lipinski definition) is 2. The molecule has 2 amide bonds. The van der Waals surface area contributed by atoms with E-state index in [9.17, 15) is 30.8 Å². The van der Waals surface area contributed by atoms with Crippen molar-refractivity contribution < 1.29 is 35.7 Å². The second-order valence-electron chi connectivity index (χ2n) is 10.6. The Morgan fingerprint density at radius 1 is 1.07 bits per heavy atom. The molecule has 12 nitrogen and oxygen atoms in total. The Bertz CT molecular complexity index is 1660. The summed E-state index contributed by atoms with van der Waals surface area (Å²) in [6.07, 6.45) is 2.85. The molecule has 2 aromatic heterocycles. The second kappa shape index (κ2) is 13.2. The topological polar surface area (TPSA) is 155 Å². The van der Waals surface area contributed by atoms with Gasteiger partial charge in [-0.25, -0.2) is 26.7 Å². The second-order valence-corrected chi connectivity index (χ2v) is 15.9. The zero-order chi connectivity index (χ0) is 31.4. The third-order valence-electron chi connectivity index (χ3n) is 6.29. The fourth-order valence-corrected chi connectivity index (χ4v) is 8.49. The first kappa shape index (κ1) is 32.6. The van der Waals surface area contributed by atoms with E-state index in [1.165, 1.54) is 48.8 Å². The van der Waals surface area contributed by atoms with Crippen LogP contribution in [0.5, 0.6) is 0 Å². The van der Waals surface area contributed by atoms with Crippen LogP contribution in [0.3, 0.4) is 0 Å². The van der Waals surface area contributed by atoms with E-state index in [1.807, 2.05) is 0 Å². The third kappa shape index (κ3) is 8.21. The van der Waals surface area contributed by atoms with Crippen LogP contribution in [0.25, 0.3) is 10.4 Å². The molecule has 1 saturated heterocycles. The summed E-state index contributed by atoms with van der Waals surface area (Å²) < 4.78 is 69.3. The van der Waals surface area contributed by atoms with Crippen LogP contribution in [-0.2, 0) is 29.7 Å². The summed E-state index contributed by atoms with van der Waals surface area (Å²) in [5.41, 5.74) is 2.35. The molecule has 0 bridgehead atoms. The molecule has 0 unspecified atom stereocenters. The number of sulfonamides is 2. The number of benzene rings is 1. The number of carbonyl (C=O) groups excluding carboxylic acids is 2. The van der Waals surface area contributed by atoms with Crippen molar-refractivity contribution >= 4 is 43.2 Å². The van der Waals surface area contributed by atoms with Gasteiger partial charge in [0.2, 0.25) is 10.0 Å². The van der Waals surface area contributed by atoms with Crippen molar-refractivity contribution in [2.24, 2.45) is 0 Å². The number of rotatable bonds is 10. The average Bonchev–Trinajstić information content (AvgIpc) is 3.47. The van der Waals surface area contributed by atoms with Gasteiger partial charge in [0.05, 0.1) is 16.9 Å². The van der Waals surface area contributed by atoms with Gasteiger partial charge in [0, 0.05) is 43.4 Å². The molecule has 3 aromatic rings. The van der Waals surface area contributed by atoms with Gasteiger partial charge in [-0.1, -0.05) is 12.1 Å². The predicted octanol–water partition coefficient (Wildman–Crippen LogP) is 2.23. The number of amides is 2. The van der Waals surface area contributed by atoms with Crippen molar-refractivity contribution in [2.45, 2.75) is 36.6 Å². The summed E-state index contributed by atoms with van der Waals surface area (Å²) in [5.74, 6) is -2.22. The highest BCUT2D eigenvalue weighted by molar-refractivity contribution is 7.91. The summed E-state index contributed by atoms with van der Waals surface area (Å²) in [6.45, 7) is 3.86. The van der Waals surface area contributed by atoms with Crippen LogP contribution in [0.1, 0.15) is 31.1 Å². The number of hydroxylamine groups is 1. The molecule has 2 N–H and O–H groups in total. The number of hydrogen-bond acceptors (Lipinski definition) is 9. The van der Waals surface area contributed by atoms with Crippen molar-refractivity contribution in [2.75, 3.05) is 31.9 Å². The summed E-state index contributed by atoms with van der Waals surface area (Å²) in [7, 11) is -8.26. The maximum absolute atomic E-state index is 13.8. The number of pyridine rings is 1. The van der Waals surface area contributed by atoms with Gasteiger partial charge in [0.15, 0.2) is 0 Å². The van der Waals surface area contributed by atoms with Crippen LogP contribution in [0, 0.1) is 5.82 Å². The summed E-state index contributed by atoms with van der Waals surface area (Å²) in [6, 6.07) is 10.2. The lowest BCUT2D eigenvalue weighted by Crippen LogP contribution is -2.62. The molecule has 1 aliphatic heterocycles. The van der Waals surface area contributed by atoms with Gasteiger partial charge in [-0.05, 0) is 62.7 Å². The van der Waals surface area contributed by atoms with Crippen LogP contribution in [0.15, 0.2) is 65.1 Å². The van der Waals surface area contributed by atoms with E-state index in [-0.39, 0.29) is 29.4 Å². The Balaban J connectivity index is 1.52. The van der Waals surface area contributed by atoms with E-state index in [1.54, 1.807) is 32.9 Å². The van der Waals surface area contributed by atoms with E-state index in [0.29, 0.717) is 10.4 Å². The maximum atomic E-state index is 13.8. The van der Waals surface area contributed by atoms with Crippen LogP contribution in [-0.4, -0.2) is 85.8 Å². The highest BCUT2D eigenvalue weighted by Crippen LogP contribution is 2.34. The minimum atomic E-state index is -4.26. The number of piperazine rings is 1. The number of aromatic nitrogens is 1. The van der Waals surface area contributed by atoms with Gasteiger partial charge in [0.25, 0.3) is 21.8 Å². The predicted molar refractivity (Wildman–Crippen MR) is 158 cm³/mol. The first-order valence-electron chi connectivity index (χ1n) is 13.2. The molecule has 4 rings (SSSR count). The first-order valence-corrected chi connectivity index (χ1v) is 17.1. The lowest BCUT2D eigenvalue weighted by Gasteiger charge is -2.38. The van der Waals surface area contributed by atoms with Gasteiger partial charge in [-0.3, -0.25) is 19.4 Å². The molecule has 1 aliphatic rings. The Morgan fingerprint density at radius 3 is 2.44 bits per heavy atom. The highest BCUT2D eigenvalue weighted by Gasteiger charge is 2.44. The van der Waals surface area contributed by atoms with Crippen LogP contribution < -0.4 is 10.8 Å². The lowest BCUT2D eigenvalue weighted by molar-refractivity contribution is -0.150. The molecule has 232 valence electrons. The quantitative estimate of drug-likeness (QED) is 0.316. The summed E-state index contributed by atoms with van der Waals surface area (Å²) >= 11 is 0.951. The monoisotopic (exact) mass is 653 g/mol. The van der Waals surface area contributed by atoms with Gasteiger partial charge in [0.1, 0.15) is 16.1 Å². The van der Waals surface area contributed by atoms with Gasteiger partial charge >= 0.3 is 0 Å². The van der Waals surface area contributed by atoms with Gasteiger partial charge in [-0.2, -0.15) is 8.61 Å². The molecular weight excluding hydrogens is 622 g/mol. The summed E-state index contributed by atoms with van der Waals surface area (Å²) in [5, 5.41) is 2.53. The van der Waals surface area contributed by atoms with Crippen molar-refractivity contribution in [3.8, 4) is 10.4 Å². The van der Waals surface area contributed by atoms with E-state index < -0.39 is 61.6 Å². The average molecular weight is 654 g/mol. The zero-order valence-electron chi connectivity index (χ0n) is 23.7. The van der Waals surface area contributed by atoms with Crippen molar-refractivity contribution in [1.29, 1.82) is 0 Å². The molecule has 0 radical (unpaired) electrons. The molecule has 1 fully saturated rings. The Morgan fingerprint density at radius 2 is 1.79 bits per heavy atom. The first-order chi connectivity index (χ1) is 20.2. The van der Waals surface area contributed by atoms with E-state index in [4.69, 9.17) is 4.84 Å². The maximum Gasteiger partial charge on any atom is 0.263 e. The molecule has 1 aromatic carbocycles. The fourth-order valence-electron chi connectivity index (χ4n) is 4.13. The summed E-state index contributed by atoms with van der Waals surface area (Å²) in [4.78, 5) is 35.3. The normalized spacial score (nSPS) is 17.0. The fraction of sp³-hybridized carbons (Fsp3) is 0.370. The van der Waals surface area contributed by atoms with Crippen molar-refractivity contribution in [1.82, 2.24) is 24.4 Å². The molecule has 1 atom stereocenters. The molecule has 16 heteroatoms. The zero-order valence-corrected chi connectivity index (χ0v) is 26.1. The van der Waals surface area contributed by atoms with Crippen LogP contribution >= 0.6 is 11.3 Å². The Labute approximate surface area is 253 Å². The van der Waals surface area contributed by atoms with Gasteiger partial charge in [-0.15, -0.1) is 11.3 Å². The standard InChI is InChI=1S/C27H32FN5O7S3/c1-27(2,3)40-31-26(35)22-18-32(42(36,37)16-13-30-25(34)20-5-4-12-29-17-20)14-15-33(22)43(38,39)24-11-10-23(41-24)19-6-8-21(28)9-7-19/h4-12,17,22H,13-16,18H2,1-3H3,(H,30,34)(H,31,35)/t22-/m1/s1. The molecule has 3 heterocycles. The number of carbonyl (C=O) groups is 2. The third-order valence-corrected chi connectivity index (χ3v) is 11.6. The minimum absolute atomic E-state index is 0.0595. The highest BCUT2D eigenvalue weighted by atomic mass is 32.2. The van der Waals surface area contributed by atoms with Crippen LogP contribution in [0.2, 0.25) is 0 Å². The van der Waals surface area contributed by atoms with Crippen molar-refractivity contribution in [3.05, 3.63) is 72.3 Å². The number of thiophene rings is 1. The molecule has 0 spiro atoms. The van der Waals surface area contributed by atoms with E-state index in [0.717, 1.165) is 19.9 Å². The number of halogens is 1. The minimum Gasteiger partial charge on any atom is -0.351 e.